The number of nitrogens with one attached hydrogen (secondary N) is 1. The van der Waals surface area contributed by atoms with Crippen LogP contribution in [0.25, 0.3) is 0 Å². The van der Waals surface area contributed by atoms with E-state index >= 15 is 0 Å². The average Bonchev–Trinajstić information content (AvgIpc) is 2.16. The summed E-state index contributed by atoms with van der Waals surface area (Å²) in [5.41, 5.74) is 4.81. The molecule has 0 rings (SSSR count). The lowest BCUT2D eigenvalue weighted by Crippen LogP contribution is -2.41. The second-order valence-electron chi connectivity index (χ2n) is 3.29. The average molecular weight is 245 g/mol. The second-order valence-corrected chi connectivity index (χ2v) is 3.29. The standard InChI is InChI=1S/C9H18F2N2O.ClH/c1-2-3-4-5-8(14)13-7-9(10,11)6-12;/h2-7,12H2,1H3,(H,13,14);1H. The van der Waals surface area contributed by atoms with Crippen molar-refractivity contribution in [2.24, 2.45) is 5.73 Å². The molecule has 0 aromatic rings. The highest BCUT2D eigenvalue weighted by atomic mass is 35.5. The van der Waals surface area contributed by atoms with Crippen molar-refractivity contribution in [3.63, 3.8) is 0 Å². The molecule has 0 aliphatic heterocycles. The smallest absolute Gasteiger partial charge is 0.277 e. The van der Waals surface area contributed by atoms with Crippen molar-refractivity contribution in [1.82, 2.24) is 5.32 Å². The fourth-order valence-corrected chi connectivity index (χ4v) is 0.924. The molecule has 15 heavy (non-hydrogen) atoms. The molecular formula is C9H19ClF2N2O. The van der Waals surface area contributed by atoms with Gasteiger partial charge in [-0.1, -0.05) is 19.8 Å². The van der Waals surface area contributed by atoms with Gasteiger partial charge in [-0.15, -0.1) is 12.4 Å². The maximum absolute atomic E-state index is 12.6. The van der Waals surface area contributed by atoms with E-state index in [-0.39, 0.29) is 18.3 Å². The van der Waals surface area contributed by atoms with Crippen LogP contribution >= 0.6 is 12.4 Å². The van der Waals surface area contributed by atoms with Gasteiger partial charge in [0.05, 0.1) is 13.1 Å². The second kappa shape index (κ2) is 8.85. The maximum atomic E-state index is 12.6. The van der Waals surface area contributed by atoms with Crippen LogP contribution in [0.1, 0.15) is 32.6 Å². The van der Waals surface area contributed by atoms with E-state index in [9.17, 15) is 13.6 Å². The predicted molar refractivity (Wildman–Crippen MR) is 58.4 cm³/mol. The number of halogens is 3. The molecule has 0 saturated heterocycles. The number of alkyl halides is 2. The number of carbonyl (C=O) groups is 1. The van der Waals surface area contributed by atoms with Gasteiger partial charge in [-0.3, -0.25) is 4.79 Å². The third kappa shape index (κ3) is 9.87. The van der Waals surface area contributed by atoms with Crippen LogP contribution in [-0.2, 0) is 4.79 Å². The first-order chi connectivity index (χ1) is 6.52. The number of nitrogens with two attached hydrogens (primary N) is 1. The van der Waals surface area contributed by atoms with Crippen molar-refractivity contribution in [1.29, 1.82) is 0 Å². The summed E-state index contributed by atoms with van der Waals surface area (Å²) in [5, 5.41) is 2.16. The Morgan fingerprint density at radius 2 is 2.00 bits per heavy atom. The molecule has 1 amide bonds. The molecule has 0 saturated carbocycles. The zero-order valence-electron chi connectivity index (χ0n) is 8.89. The van der Waals surface area contributed by atoms with Gasteiger partial charge in [0.2, 0.25) is 5.91 Å². The molecule has 6 heteroatoms. The van der Waals surface area contributed by atoms with E-state index in [1.807, 2.05) is 6.92 Å². The fraction of sp³-hybridized carbons (Fsp3) is 0.889. The van der Waals surface area contributed by atoms with Crippen LogP contribution in [0.15, 0.2) is 0 Å². The zero-order chi connectivity index (χ0) is 11.0. The van der Waals surface area contributed by atoms with Crippen LogP contribution in [0, 0.1) is 0 Å². The Balaban J connectivity index is 0. The topological polar surface area (TPSA) is 55.1 Å². The minimum absolute atomic E-state index is 0. The number of unbranched alkanes of at least 4 members (excludes halogenated alkanes) is 2. The van der Waals surface area contributed by atoms with Crippen LogP contribution in [-0.4, -0.2) is 24.9 Å². The lowest BCUT2D eigenvalue weighted by atomic mass is 10.2. The highest BCUT2D eigenvalue weighted by molar-refractivity contribution is 5.85. The number of hydrogen-bond donors (Lipinski definition) is 2. The molecule has 0 aromatic heterocycles. The Bertz CT molecular complexity index is 179. The fourth-order valence-electron chi connectivity index (χ4n) is 0.924. The molecule has 0 atom stereocenters. The van der Waals surface area contributed by atoms with Gasteiger partial charge in [0.1, 0.15) is 0 Å². The van der Waals surface area contributed by atoms with Gasteiger partial charge >= 0.3 is 0 Å². The normalized spacial score (nSPS) is 10.7. The third-order valence-corrected chi connectivity index (χ3v) is 1.85. The third-order valence-electron chi connectivity index (χ3n) is 1.85. The maximum Gasteiger partial charge on any atom is 0.277 e. The van der Waals surface area contributed by atoms with E-state index in [0.29, 0.717) is 6.42 Å². The molecule has 0 radical (unpaired) electrons. The van der Waals surface area contributed by atoms with Crippen LogP contribution < -0.4 is 11.1 Å². The highest BCUT2D eigenvalue weighted by Crippen LogP contribution is 2.08. The summed E-state index contributed by atoms with van der Waals surface area (Å²) in [5.74, 6) is -3.31. The first-order valence-electron chi connectivity index (χ1n) is 4.86. The van der Waals surface area contributed by atoms with Crippen LogP contribution in [0.4, 0.5) is 8.78 Å². The molecule has 0 fully saturated rings. The van der Waals surface area contributed by atoms with Gasteiger partial charge in [-0.2, -0.15) is 0 Å². The van der Waals surface area contributed by atoms with Crippen LogP contribution in [0.5, 0.6) is 0 Å². The molecule has 0 bridgehead atoms. The van der Waals surface area contributed by atoms with E-state index in [0.717, 1.165) is 19.3 Å². The van der Waals surface area contributed by atoms with E-state index in [1.54, 1.807) is 0 Å². The summed E-state index contributed by atoms with van der Waals surface area (Å²) in [6.45, 7) is 0.622. The molecular weight excluding hydrogens is 226 g/mol. The summed E-state index contributed by atoms with van der Waals surface area (Å²) in [7, 11) is 0. The Labute approximate surface area is 95.2 Å². The van der Waals surface area contributed by atoms with Gasteiger partial charge in [0.15, 0.2) is 0 Å². The van der Waals surface area contributed by atoms with Gasteiger partial charge < -0.3 is 11.1 Å². The predicted octanol–water partition coefficient (Wildman–Crippen LogP) is 1.70. The zero-order valence-corrected chi connectivity index (χ0v) is 9.71. The van der Waals surface area contributed by atoms with Crippen LogP contribution in [0.3, 0.4) is 0 Å². The van der Waals surface area contributed by atoms with E-state index in [2.05, 4.69) is 5.32 Å². The van der Waals surface area contributed by atoms with Gasteiger partial charge in [-0.05, 0) is 6.42 Å². The summed E-state index contributed by atoms with van der Waals surface area (Å²) < 4.78 is 25.1. The van der Waals surface area contributed by atoms with E-state index in [1.165, 1.54) is 0 Å². The van der Waals surface area contributed by atoms with Crippen molar-refractivity contribution < 1.29 is 13.6 Å². The number of carbonyl (C=O) groups excluding carboxylic acids is 1. The molecule has 3 nitrogen and oxygen atoms in total. The summed E-state index contributed by atoms with van der Waals surface area (Å²) in [6.07, 6.45) is 3.01. The molecule has 92 valence electrons. The molecule has 0 unspecified atom stereocenters. The van der Waals surface area contributed by atoms with Gasteiger partial charge in [0, 0.05) is 6.42 Å². The van der Waals surface area contributed by atoms with Gasteiger partial charge in [0.25, 0.3) is 5.92 Å². The summed E-state index contributed by atoms with van der Waals surface area (Å²) in [6, 6.07) is 0. The molecule has 0 aliphatic rings. The molecule has 0 spiro atoms. The first-order valence-corrected chi connectivity index (χ1v) is 4.86. The number of hydrogen-bond acceptors (Lipinski definition) is 2. The van der Waals surface area contributed by atoms with Crippen molar-refractivity contribution in [3.05, 3.63) is 0 Å². The number of rotatable bonds is 7. The lowest BCUT2D eigenvalue weighted by Gasteiger charge is -2.14. The molecule has 0 heterocycles. The largest absolute Gasteiger partial charge is 0.350 e. The van der Waals surface area contributed by atoms with E-state index < -0.39 is 19.0 Å². The van der Waals surface area contributed by atoms with Crippen molar-refractivity contribution in [2.75, 3.05) is 13.1 Å². The van der Waals surface area contributed by atoms with Crippen molar-refractivity contribution in [2.45, 2.75) is 38.5 Å². The highest BCUT2D eigenvalue weighted by Gasteiger charge is 2.26. The number of amides is 1. The van der Waals surface area contributed by atoms with Crippen molar-refractivity contribution in [3.8, 4) is 0 Å². The first kappa shape index (κ1) is 17.0. The van der Waals surface area contributed by atoms with Gasteiger partial charge in [-0.25, -0.2) is 8.78 Å². The summed E-state index contributed by atoms with van der Waals surface area (Å²) in [4.78, 5) is 11.0. The Morgan fingerprint density at radius 3 is 2.47 bits per heavy atom. The Morgan fingerprint density at radius 1 is 1.40 bits per heavy atom. The van der Waals surface area contributed by atoms with Crippen LogP contribution in [0.2, 0.25) is 0 Å². The molecule has 3 N–H and O–H groups in total. The quantitative estimate of drug-likeness (QED) is 0.670. The SMILES string of the molecule is CCCCCC(=O)NCC(F)(F)CN.Cl. The Kier molecular flexibility index (Phi) is 10.0. The van der Waals surface area contributed by atoms with Crippen molar-refractivity contribution >= 4 is 18.3 Å². The monoisotopic (exact) mass is 244 g/mol. The minimum Gasteiger partial charge on any atom is -0.350 e. The van der Waals surface area contributed by atoms with E-state index in [4.69, 9.17) is 5.73 Å². The minimum atomic E-state index is -2.99. The molecule has 0 aliphatic carbocycles. The lowest BCUT2D eigenvalue weighted by molar-refractivity contribution is -0.123. The molecule has 0 aromatic carbocycles. The summed E-state index contributed by atoms with van der Waals surface area (Å²) >= 11 is 0. The Hall–Kier alpha value is -0.420.